The molecular weight excluding hydrogens is 292 g/mol. The molecular formula is C11H15ClN2O4S. The van der Waals surface area contributed by atoms with Crippen molar-refractivity contribution >= 4 is 27.6 Å². The lowest BCUT2D eigenvalue weighted by molar-refractivity contribution is -0.139. The number of carboxylic acid groups (broad SMARTS) is 1. The molecule has 1 atom stereocenters. The van der Waals surface area contributed by atoms with E-state index in [0.29, 0.717) is 0 Å². The number of hydrogen-bond acceptors (Lipinski definition) is 4. The number of aliphatic carboxylic acids is 1. The Morgan fingerprint density at radius 3 is 2.63 bits per heavy atom. The molecule has 0 saturated heterocycles. The van der Waals surface area contributed by atoms with Crippen molar-refractivity contribution in [3.8, 4) is 0 Å². The Hall–Kier alpha value is -1.18. The van der Waals surface area contributed by atoms with Crippen molar-refractivity contribution in [2.24, 2.45) is 5.92 Å². The van der Waals surface area contributed by atoms with Crippen molar-refractivity contribution in [3.05, 3.63) is 23.5 Å². The Kier molecular flexibility index (Phi) is 5.28. The monoisotopic (exact) mass is 306 g/mol. The van der Waals surface area contributed by atoms with Gasteiger partial charge in [-0.15, -0.1) is 0 Å². The van der Waals surface area contributed by atoms with Crippen LogP contribution in [0.4, 0.5) is 0 Å². The van der Waals surface area contributed by atoms with Gasteiger partial charge in [0.15, 0.2) is 0 Å². The molecule has 0 amide bonds. The first kappa shape index (κ1) is 15.9. The van der Waals surface area contributed by atoms with Crippen LogP contribution >= 0.6 is 11.6 Å². The molecule has 0 saturated carbocycles. The van der Waals surface area contributed by atoms with E-state index < -0.39 is 22.0 Å². The standard InChI is InChI=1S/C11H15ClN2O4S/c1-7(2)6-8(11(15)16)14-19(17,18)9-4-3-5-13-10(9)12/h3-5,7-8,14H,6H2,1-2H3,(H,15,16). The maximum atomic E-state index is 12.1. The quantitative estimate of drug-likeness (QED) is 0.777. The number of sulfonamides is 1. The molecule has 0 bridgehead atoms. The predicted molar refractivity (Wildman–Crippen MR) is 70.4 cm³/mol. The molecule has 19 heavy (non-hydrogen) atoms. The molecule has 0 radical (unpaired) electrons. The molecule has 6 nitrogen and oxygen atoms in total. The summed E-state index contributed by atoms with van der Waals surface area (Å²) in [6.07, 6.45) is 1.54. The normalized spacial score (nSPS) is 13.5. The topological polar surface area (TPSA) is 96.4 Å². The van der Waals surface area contributed by atoms with Crippen LogP contribution in [-0.4, -0.2) is 30.5 Å². The number of rotatable bonds is 6. The lowest BCUT2D eigenvalue weighted by atomic mass is 10.1. The minimum atomic E-state index is -4.01. The number of carbonyl (C=O) groups is 1. The summed E-state index contributed by atoms with van der Waals surface area (Å²) in [4.78, 5) is 14.5. The second-order valence-corrected chi connectivity index (χ2v) is 6.47. The maximum Gasteiger partial charge on any atom is 0.321 e. The highest BCUT2D eigenvalue weighted by molar-refractivity contribution is 7.89. The third-order valence-electron chi connectivity index (χ3n) is 2.32. The zero-order chi connectivity index (χ0) is 14.6. The first-order chi connectivity index (χ1) is 8.74. The molecule has 0 spiro atoms. The summed E-state index contributed by atoms with van der Waals surface area (Å²) < 4.78 is 26.2. The molecule has 1 aromatic heterocycles. The number of halogens is 1. The highest BCUT2D eigenvalue weighted by Gasteiger charge is 2.27. The molecule has 0 aliphatic heterocycles. The summed E-state index contributed by atoms with van der Waals surface area (Å²) in [5, 5.41) is 8.84. The Balaban J connectivity index is 3.01. The summed E-state index contributed by atoms with van der Waals surface area (Å²) in [6, 6.07) is 1.49. The van der Waals surface area contributed by atoms with E-state index in [1.807, 2.05) is 0 Å². The van der Waals surface area contributed by atoms with Crippen LogP contribution in [0.15, 0.2) is 23.2 Å². The molecule has 1 rings (SSSR count). The van der Waals surface area contributed by atoms with Crippen molar-refractivity contribution in [1.29, 1.82) is 0 Å². The number of hydrogen-bond donors (Lipinski definition) is 2. The van der Waals surface area contributed by atoms with Gasteiger partial charge in [0.05, 0.1) is 0 Å². The third kappa shape index (κ3) is 4.45. The van der Waals surface area contributed by atoms with Gasteiger partial charge in [0.25, 0.3) is 0 Å². The Morgan fingerprint density at radius 1 is 1.53 bits per heavy atom. The Labute approximate surface area is 116 Å². The minimum absolute atomic E-state index is 0.0353. The minimum Gasteiger partial charge on any atom is -0.480 e. The fourth-order valence-corrected chi connectivity index (χ4v) is 3.15. The highest BCUT2D eigenvalue weighted by Crippen LogP contribution is 2.18. The summed E-state index contributed by atoms with van der Waals surface area (Å²) in [5.74, 6) is -1.19. The Bertz CT molecular complexity index is 560. The third-order valence-corrected chi connectivity index (χ3v) is 4.23. The molecule has 8 heteroatoms. The van der Waals surface area contributed by atoms with E-state index in [9.17, 15) is 13.2 Å². The number of nitrogens with one attached hydrogen (secondary N) is 1. The molecule has 106 valence electrons. The van der Waals surface area contributed by atoms with Gasteiger partial charge in [-0.25, -0.2) is 13.4 Å². The van der Waals surface area contributed by atoms with Crippen LogP contribution in [0.2, 0.25) is 5.15 Å². The highest BCUT2D eigenvalue weighted by atomic mass is 35.5. The van der Waals surface area contributed by atoms with Crippen LogP contribution in [0.1, 0.15) is 20.3 Å². The van der Waals surface area contributed by atoms with Crippen LogP contribution in [0.3, 0.4) is 0 Å². The smallest absolute Gasteiger partial charge is 0.321 e. The second kappa shape index (κ2) is 6.31. The largest absolute Gasteiger partial charge is 0.480 e. The van der Waals surface area contributed by atoms with Gasteiger partial charge in [-0.05, 0) is 24.5 Å². The molecule has 0 fully saturated rings. The molecule has 0 aliphatic rings. The van der Waals surface area contributed by atoms with Gasteiger partial charge in [-0.3, -0.25) is 4.79 Å². The van der Waals surface area contributed by atoms with Gasteiger partial charge in [-0.1, -0.05) is 25.4 Å². The van der Waals surface area contributed by atoms with Crippen molar-refractivity contribution in [2.45, 2.75) is 31.2 Å². The van der Waals surface area contributed by atoms with E-state index in [2.05, 4.69) is 9.71 Å². The zero-order valence-electron chi connectivity index (χ0n) is 10.5. The average Bonchev–Trinajstić information content (AvgIpc) is 2.27. The summed E-state index contributed by atoms with van der Waals surface area (Å²) >= 11 is 5.70. The predicted octanol–water partition coefficient (Wildman–Crippen LogP) is 1.51. The van der Waals surface area contributed by atoms with E-state index in [-0.39, 0.29) is 22.4 Å². The summed E-state index contributed by atoms with van der Waals surface area (Å²) in [5.41, 5.74) is 0. The summed E-state index contributed by atoms with van der Waals surface area (Å²) in [7, 11) is -4.01. The van der Waals surface area contributed by atoms with Crippen LogP contribution < -0.4 is 4.72 Å². The number of aromatic nitrogens is 1. The van der Waals surface area contributed by atoms with E-state index in [0.717, 1.165) is 0 Å². The molecule has 1 aromatic rings. The summed E-state index contributed by atoms with van der Waals surface area (Å²) in [6.45, 7) is 3.61. The SMILES string of the molecule is CC(C)CC(NS(=O)(=O)c1cccnc1Cl)C(=O)O. The van der Waals surface area contributed by atoms with E-state index in [1.54, 1.807) is 13.8 Å². The van der Waals surface area contributed by atoms with Gasteiger partial charge in [0, 0.05) is 6.20 Å². The zero-order valence-corrected chi connectivity index (χ0v) is 12.1. The van der Waals surface area contributed by atoms with Crippen LogP contribution in [0.5, 0.6) is 0 Å². The number of carboxylic acids is 1. The van der Waals surface area contributed by atoms with E-state index in [4.69, 9.17) is 16.7 Å². The maximum absolute atomic E-state index is 12.1. The van der Waals surface area contributed by atoms with Crippen LogP contribution in [-0.2, 0) is 14.8 Å². The molecule has 0 aromatic carbocycles. The van der Waals surface area contributed by atoms with Gasteiger partial charge in [0.1, 0.15) is 16.1 Å². The van der Waals surface area contributed by atoms with Crippen molar-refractivity contribution in [1.82, 2.24) is 9.71 Å². The molecule has 1 unspecified atom stereocenters. The first-order valence-electron chi connectivity index (χ1n) is 5.59. The fourth-order valence-electron chi connectivity index (χ4n) is 1.49. The second-order valence-electron chi connectivity index (χ2n) is 4.43. The van der Waals surface area contributed by atoms with Gasteiger partial charge < -0.3 is 5.11 Å². The first-order valence-corrected chi connectivity index (χ1v) is 7.46. The van der Waals surface area contributed by atoms with Crippen LogP contribution in [0.25, 0.3) is 0 Å². The van der Waals surface area contributed by atoms with E-state index in [1.165, 1.54) is 18.3 Å². The number of pyridine rings is 1. The van der Waals surface area contributed by atoms with Gasteiger partial charge in [-0.2, -0.15) is 4.72 Å². The lowest BCUT2D eigenvalue weighted by Gasteiger charge is -2.16. The van der Waals surface area contributed by atoms with Crippen LogP contribution in [0, 0.1) is 5.92 Å². The molecule has 0 aliphatic carbocycles. The number of nitrogens with zero attached hydrogens (tertiary/aromatic N) is 1. The lowest BCUT2D eigenvalue weighted by Crippen LogP contribution is -2.41. The van der Waals surface area contributed by atoms with Gasteiger partial charge >= 0.3 is 5.97 Å². The molecule has 2 N–H and O–H groups in total. The fraction of sp³-hybridized carbons (Fsp3) is 0.455. The van der Waals surface area contributed by atoms with E-state index >= 15 is 0 Å². The Morgan fingerprint density at radius 2 is 2.16 bits per heavy atom. The van der Waals surface area contributed by atoms with Crippen molar-refractivity contribution in [3.63, 3.8) is 0 Å². The average molecular weight is 307 g/mol. The van der Waals surface area contributed by atoms with Crippen molar-refractivity contribution < 1.29 is 18.3 Å². The van der Waals surface area contributed by atoms with Crippen molar-refractivity contribution in [2.75, 3.05) is 0 Å². The molecule has 1 heterocycles. The van der Waals surface area contributed by atoms with Gasteiger partial charge in [0.2, 0.25) is 10.0 Å².